The summed E-state index contributed by atoms with van der Waals surface area (Å²) in [5, 5.41) is -0.402. The Morgan fingerprint density at radius 2 is 1.37 bits per heavy atom. The molecule has 0 unspecified atom stereocenters. The monoisotopic (exact) mass is 414 g/mol. The maximum absolute atomic E-state index is 14.5. The van der Waals surface area contributed by atoms with Gasteiger partial charge in [-0.2, -0.15) is 0 Å². The summed E-state index contributed by atoms with van der Waals surface area (Å²) in [4.78, 5) is 0. The molecule has 1 aliphatic carbocycles. The number of rotatable bonds is 5. The van der Waals surface area contributed by atoms with Gasteiger partial charge in [-0.3, -0.25) is 0 Å². The van der Waals surface area contributed by atoms with E-state index in [1.165, 1.54) is 30.0 Å². The van der Waals surface area contributed by atoms with Crippen LogP contribution in [0.4, 0.5) is 17.6 Å². The molecular weight excluding hydrogens is 388 g/mol. The van der Waals surface area contributed by atoms with Crippen molar-refractivity contribution < 1.29 is 17.6 Å². The summed E-state index contributed by atoms with van der Waals surface area (Å²) in [6.45, 7) is 2.19. The van der Waals surface area contributed by atoms with Crippen LogP contribution in [0.25, 0.3) is 10.8 Å². The van der Waals surface area contributed by atoms with Gasteiger partial charge in [0.2, 0.25) is 0 Å². The van der Waals surface area contributed by atoms with Gasteiger partial charge in [-0.1, -0.05) is 43.7 Å². The summed E-state index contributed by atoms with van der Waals surface area (Å²) in [5.74, 6) is -4.59. The van der Waals surface area contributed by atoms with Crippen LogP contribution in [0, 0.1) is 23.3 Å². The molecule has 0 nitrogen and oxygen atoms in total. The van der Waals surface area contributed by atoms with E-state index >= 15 is 0 Å². The molecule has 0 atom stereocenters. The zero-order valence-electron chi connectivity index (χ0n) is 17.2. The zero-order valence-corrected chi connectivity index (χ0v) is 17.2. The standard InChI is InChI=1S/C26H26F4/c1-2-3-4-16-5-7-17(8-6-16)18-9-11-19(12-10-18)20-13-21-15-23(28)25(29)26(30)24(21)22(27)14-20/h5-8,13-15,18-19H,2-4,9-12H2,1H3. The quantitative estimate of drug-likeness (QED) is 0.292. The van der Waals surface area contributed by atoms with Crippen LogP contribution in [0.15, 0.2) is 42.5 Å². The second kappa shape index (κ2) is 8.79. The van der Waals surface area contributed by atoms with Gasteiger partial charge in [-0.15, -0.1) is 0 Å². The van der Waals surface area contributed by atoms with Crippen molar-refractivity contribution in [3.05, 3.63) is 82.4 Å². The maximum Gasteiger partial charge on any atom is 0.195 e. The van der Waals surface area contributed by atoms with Gasteiger partial charge in [0.05, 0.1) is 5.39 Å². The normalized spacial score (nSPS) is 19.4. The first-order chi connectivity index (χ1) is 14.5. The Bertz CT molecular complexity index is 1030. The minimum atomic E-state index is -1.63. The summed E-state index contributed by atoms with van der Waals surface area (Å²) >= 11 is 0. The summed E-state index contributed by atoms with van der Waals surface area (Å²) < 4.78 is 55.6. The highest BCUT2D eigenvalue weighted by Gasteiger charge is 2.25. The van der Waals surface area contributed by atoms with Gasteiger partial charge >= 0.3 is 0 Å². The molecule has 0 radical (unpaired) electrons. The maximum atomic E-state index is 14.5. The van der Waals surface area contributed by atoms with Gasteiger partial charge in [0, 0.05) is 0 Å². The van der Waals surface area contributed by atoms with Crippen molar-refractivity contribution in [3.8, 4) is 0 Å². The molecule has 3 aromatic carbocycles. The highest BCUT2D eigenvalue weighted by Crippen LogP contribution is 2.41. The molecule has 30 heavy (non-hydrogen) atoms. The molecule has 3 aromatic rings. The molecule has 0 bridgehead atoms. The fourth-order valence-electron chi connectivity index (χ4n) is 4.74. The summed E-state index contributed by atoms with van der Waals surface area (Å²) in [5.41, 5.74) is 3.45. The topological polar surface area (TPSA) is 0 Å². The van der Waals surface area contributed by atoms with Crippen molar-refractivity contribution in [2.45, 2.75) is 63.7 Å². The lowest BCUT2D eigenvalue weighted by Crippen LogP contribution is -2.12. The first-order valence-electron chi connectivity index (χ1n) is 10.8. The van der Waals surface area contributed by atoms with Crippen LogP contribution in [-0.4, -0.2) is 0 Å². The second-order valence-electron chi connectivity index (χ2n) is 8.48. The molecule has 0 heterocycles. The predicted octanol–water partition coefficient (Wildman–Crippen LogP) is 8.18. The van der Waals surface area contributed by atoms with Gasteiger partial charge in [0.1, 0.15) is 5.82 Å². The summed E-state index contributed by atoms with van der Waals surface area (Å²) in [6.07, 6.45) is 7.26. The molecule has 0 aromatic heterocycles. The van der Waals surface area contributed by atoms with Crippen LogP contribution < -0.4 is 0 Å². The van der Waals surface area contributed by atoms with Gasteiger partial charge in [0.25, 0.3) is 0 Å². The lowest BCUT2D eigenvalue weighted by molar-refractivity contribution is 0.395. The van der Waals surface area contributed by atoms with Crippen LogP contribution in [0.5, 0.6) is 0 Å². The molecular formula is C26H26F4. The Labute approximate surface area is 174 Å². The van der Waals surface area contributed by atoms with E-state index in [1.54, 1.807) is 6.07 Å². The molecule has 0 N–H and O–H groups in total. The third-order valence-electron chi connectivity index (χ3n) is 6.52. The molecule has 1 aliphatic rings. The molecule has 0 aliphatic heterocycles. The SMILES string of the molecule is CCCCc1ccc(C2CCC(c3cc(F)c4c(F)c(F)c(F)cc4c3)CC2)cc1. The fraction of sp³-hybridized carbons (Fsp3) is 0.385. The minimum absolute atomic E-state index is 0.0752. The van der Waals surface area contributed by atoms with Gasteiger partial charge in [-0.05, 0) is 84.6 Å². The van der Waals surface area contributed by atoms with Crippen molar-refractivity contribution in [3.63, 3.8) is 0 Å². The lowest BCUT2D eigenvalue weighted by Gasteiger charge is -2.29. The molecule has 0 saturated heterocycles. The molecule has 158 valence electrons. The molecule has 1 saturated carbocycles. The number of aryl methyl sites for hydroxylation is 1. The second-order valence-corrected chi connectivity index (χ2v) is 8.48. The number of benzene rings is 3. The fourth-order valence-corrected chi connectivity index (χ4v) is 4.74. The van der Waals surface area contributed by atoms with Crippen molar-refractivity contribution in [2.24, 2.45) is 0 Å². The van der Waals surface area contributed by atoms with Crippen molar-refractivity contribution in [2.75, 3.05) is 0 Å². The first-order valence-corrected chi connectivity index (χ1v) is 10.8. The average molecular weight is 414 g/mol. The van der Waals surface area contributed by atoms with E-state index in [1.807, 2.05) is 0 Å². The number of hydrogen-bond acceptors (Lipinski definition) is 0. The third kappa shape index (κ3) is 4.10. The Hall–Kier alpha value is -2.36. The lowest BCUT2D eigenvalue weighted by atomic mass is 9.76. The molecule has 4 heteroatoms. The van der Waals surface area contributed by atoms with Crippen molar-refractivity contribution in [1.29, 1.82) is 0 Å². The Morgan fingerprint density at radius 1 is 0.733 bits per heavy atom. The Kier molecular flexibility index (Phi) is 6.12. The smallest absolute Gasteiger partial charge is 0.195 e. The highest BCUT2D eigenvalue weighted by molar-refractivity contribution is 5.84. The largest absolute Gasteiger partial charge is 0.206 e. The predicted molar refractivity (Wildman–Crippen MR) is 113 cm³/mol. The van der Waals surface area contributed by atoms with Gasteiger partial charge in [-0.25, -0.2) is 17.6 Å². The van der Waals surface area contributed by atoms with Crippen LogP contribution in [0.3, 0.4) is 0 Å². The number of unbranched alkanes of at least 4 members (excludes halogenated alkanes) is 1. The highest BCUT2D eigenvalue weighted by atomic mass is 19.2. The van der Waals surface area contributed by atoms with Crippen molar-refractivity contribution >= 4 is 10.8 Å². The van der Waals surface area contributed by atoms with E-state index in [0.717, 1.165) is 43.7 Å². The number of hydrogen-bond donors (Lipinski definition) is 0. The van der Waals surface area contributed by atoms with E-state index in [2.05, 4.69) is 31.2 Å². The van der Waals surface area contributed by atoms with Crippen LogP contribution in [0.2, 0.25) is 0 Å². The molecule has 0 amide bonds. The summed E-state index contributed by atoms with van der Waals surface area (Å²) in [6, 6.07) is 12.7. The number of fused-ring (bicyclic) bond motifs is 1. The van der Waals surface area contributed by atoms with E-state index in [0.29, 0.717) is 5.92 Å². The molecule has 4 rings (SSSR count). The zero-order chi connectivity index (χ0) is 21.3. The number of halogens is 4. The van der Waals surface area contributed by atoms with Crippen LogP contribution in [0.1, 0.15) is 74.0 Å². The Morgan fingerprint density at radius 3 is 2.00 bits per heavy atom. The first kappa shape index (κ1) is 20.9. The minimum Gasteiger partial charge on any atom is -0.206 e. The average Bonchev–Trinajstić information content (AvgIpc) is 2.76. The third-order valence-corrected chi connectivity index (χ3v) is 6.52. The van der Waals surface area contributed by atoms with E-state index in [-0.39, 0.29) is 11.3 Å². The van der Waals surface area contributed by atoms with Gasteiger partial charge in [0.15, 0.2) is 17.5 Å². The van der Waals surface area contributed by atoms with Crippen LogP contribution in [-0.2, 0) is 6.42 Å². The molecule has 0 spiro atoms. The van der Waals surface area contributed by atoms with E-state index in [4.69, 9.17) is 0 Å². The summed E-state index contributed by atoms with van der Waals surface area (Å²) in [7, 11) is 0. The van der Waals surface area contributed by atoms with Crippen molar-refractivity contribution in [1.82, 2.24) is 0 Å². The van der Waals surface area contributed by atoms with E-state index in [9.17, 15) is 17.6 Å². The Balaban J connectivity index is 1.49. The van der Waals surface area contributed by atoms with Gasteiger partial charge < -0.3 is 0 Å². The van der Waals surface area contributed by atoms with E-state index < -0.39 is 28.7 Å². The van der Waals surface area contributed by atoms with Crippen LogP contribution >= 0.6 is 0 Å². The molecule has 1 fully saturated rings.